The predicted octanol–water partition coefficient (Wildman–Crippen LogP) is -0.179. The van der Waals surface area contributed by atoms with E-state index in [0.717, 1.165) is 0 Å². The van der Waals surface area contributed by atoms with E-state index in [-0.39, 0.29) is 11.5 Å². The maximum Gasteiger partial charge on any atom is 0.376 e. The van der Waals surface area contributed by atoms with Crippen molar-refractivity contribution in [1.82, 2.24) is 10.5 Å². The molecular weight excluding hydrogens is 176 g/mol. The first-order chi connectivity index (χ1) is 6.19. The van der Waals surface area contributed by atoms with Gasteiger partial charge in [0.05, 0.1) is 7.11 Å². The molecule has 0 aliphatic rings. The second-order valence-electron chi connectivity index (χ2n) is 2.15. The number of esters is 1. The Morgan fingerprint density at radius 2 is 2.31 bits per heavy atom. The Balaban J connectivity index is 2.86. The van der Waals surface area contributed by atoms with Gasteiger partial charge in [0.15, 0.2) is 5.69 Å². The van der Waals surface area contributed by atoms with Crippen LogP contribution in [-0.4, -0.2) is 31.2 Å². The fraction of sp³-hybridized carbons (Fsp3) is 0.286. The molecule has 0 saturated heterocycles. The fourth-order valence-electron chi connectivity index (χ4n) is 0.707. The van der Waals surface area contributed by atoms with Gasteiger partial charge in [0.25, 0.3) is 5.91 Å². The second kappa shape index (κ2) is 3.70. The number of hydrogen-bond donors (Lipinski definition) is 1. The average Bonchev–Trinajstić information content (AvgIpc) is 2.64. The normalized spacial score (nSPS) is 9.38. The van der Waals surface area contributed by atoms with Gasteiger partial charge in [-0.2, -0.15) is 0 Å². The van der Waals surface area contributed by atoms with Crippen LogP contribution in [0.15, 0.2) is 10.6 Å². The van der Waals surface area contributed by atoms with Crippen molar-refractivity contribution in [2.45, 2.75) is 0 Å². The van der Waals surface area contributed by atoms with Crippen LogP contribution in [0.5, 0.6) is 0 Å². The molecule has 0 atom stereocenters. The molecule has 0 fully saturated rings. The van der Waals surface area contributed by atoms with E-state index in [4.69, 9.17) is 0 Å². The predicted molar refractivity (Wildman–Crippen MR) is 41.2 cm³/mol. The number of rotatable bonds is 2. The molecule has 0 spiro atoms. The molecule has 6 nitrogen and oxygen atoms in total. The molecule has 1 aromatic heterocycles. The lowest BCUT2D eigenvalue weighted by atomic mass is 10.3. The first-order valence-corrected chi connectivity index (χ1v) is 3.46. The number of carbonyl (C=O) groups is 2. The van der Waals surface area contributed by atoms with Crippen LogP contribution < -0.4 is 5.32 Å². The Labute approximate surface area is 73.8 Å². The zero-order valence-corrected chi connectivity index (χ0v) is 7.16. The Kier molecular flexibility index (Phi) is 2.63. The zero-order valence-electron chi connectivity index (χ0n) is 7.16. The van der Waals surface area contributed by atoms with E-state index >= 15 is 0 Å². The van der Waals surface area contributed by atoms with Gasteiger partial charge >= 0.3 is 5.97 Å². The quantitative estimate of drug-likeness (QED) is 0.645. The summed E-state index contributed by atoms with van der Waals surface area (Å²) in [5.41, 5.74) is 0.0444. The molecule has 1 heterocycles. The van der Waals surface area contributed by atoms with Crippen molar-refractivity contribution in [3.63, 3.8) is 0 Å². The Morgan fingerprint density at radius 3 is 2.85 bits per heavy atom. The molecule has 0 aromatic carbocycles. The lowest BCUT2D eigenvalue weighted by molar-refractivity contribution is 0.0554. The van der Waals surface area contributed by atoms with Crippen molar-refractivity contribution in [1.29, 1.82) is 0 Å². The van der Waals surface area contributed by atoms with E-state index in [9.17, 15) is 9.59 Å². The van der Waals surface area contributed by atoms with Crippen molar-refractivity contribution in [3.05, 3.63) is 17.5 Å². The summed E-state index contributed by atoms with van der Waals surface area (Å²) in [6, 6.07) is 1.21. The summed E-state index contributed by atoms with van der Waals surface area (Å²) in [4.78, 5) is 21.8. The topological polar surface area (TPSA) is 81.4 Å². The molecule has 6 heteroatoms. The highest BCUT2D eigenvalue weighted by Gasteiger charge is 2.16. The van der Waals surface area contributed by atoms with E-state index in [0.29, 0.717) is 0 Å². The van der Waals surface area contributed by atoms with E-state index in [2.05, 4.69) is 19.7 Å². The van der Waals surface area contributed by atoms with E-state index in [1.165, 1.54) is 20.2 Å². The van der Waals surface area contributed by atoms with E-state index < -0.39 is 11.9 Å². The number of hydrogen-bond acceptors (Lipinski definition) is 5. The highest BCUT2D eigenvalue weighted by atomic mass is 16.5. The highest BCUT2D eigenvalue weighted by Crippen LogP contribution is 2.04. The highest BCUT2D eigenvalue weighted by molar-refractivity contribution is 5.94. The number of amides is 1. The number of carbonyl (C=O) groups excluding carboxylic acids is 2. The molecular formula is C7H8N2O4. The summed E-state index contributed by atoms with van der Waals surface area (Å²) in [6.45, 7) is 0. The SMILES string of the molecule is CNC(=O)c1cc(C(=O)OC)on1. The van der Waals surface area contributed by atoms with Crippen LogP contribution in [0, 0.1) is 0 Å². The molecule has 70 valence electrons. The Hall–Kier alpha value is -1.85. The Morgan fingerprint density at radius 1 is 1.62 bits per heavy atom. The number of nitrogens with one attached hydrogen (secondary N) is 1. The number of methoxy groups -OCH3 is 1. The van der Waals surface area contributed by atoms with Gasteiger partial charge in [0, 0.05) is 13.1 Å². The molecule has 0 radical (unpaired) electrons. The minimum absolute atomic E-state index is 0.0444. The molecule has 0 unspecified atom stereocenters. The van der Waals surface area contributed by atoms with Gasteiger partial charge in [0.2, 0.25) is 5.76 Å². The van der Waals surface area contributed by atoms with Gasteiger partial charge in [-0.1, -0.05) is 5.16 Å². The van der Waals surface area contributed by atoms with E-state index in [1.54, 1.807) is 0 Å². The fourth-order valence-corrected chi connectivity index (χ4v) is 0.707. The molecule has 1 rings (SSSR count). The molecule has 1 N–H and O–H groups in total. The maximum absolute atomic E-state index is 11.0. The van der Waals surface area contributed by atoms with Crippen LogP contribution in [0.3, 0.4) is 0 Å². The number of aromatic nitrogens is 1. The van der Waals surface area contributed by atoms with Gasteiger partial charge in [0.1, 0.15) is 0 Å². The standard InChI is InChI=1S/C7H8N2O4/c1-8-6(10)4-3-5(13-9-4)7(11)12-2/h3H,1-2H3,(H,8,10). The summed E-state index contributed by atoms with van der Waals surface area (Å²) in [5.74, 6) is -1.18. The third-order valence-electron chi connectivity index (χ3n) is 1.36. The van der Waals surface area contributed by atoms with Crippen LogP contribution in [0.1, 0.15) is 21.0 Å². The lowest BCUT2D eigenvalue weighted by Gasteiger charge is -1.89. The molecule has 0 aliphatic heterocycles. The first kappa shape index (κ1) is 9.24. The maximum atomic E-state index is 11.0. The summed E-state index contributed by atoms with van der Waals surface area (Å²) in [5, 5.41) is 5.71. The number of nitrogens with zero attached hydrogens (tertiary/aromatic N) is 1. The largest absolute Gasteiger partial charge is 0.463 e. The van der Waals surface area contributed by atoms with Crippen molar-refractivity contribution in [2.24, 2.45) is 0 Å². The molecule has 0 bridgehead atoms. The minimum Gasteiger partial charge on any atom is -0.463 e. The van der Waals surface area contributed by atoms with Gasteiger partial charge < -0.3 is 14.6 Å². The van der Waals surface area contributed by atoms with Gasteiger partial charge in [-0.15, -0.1) is 0 Å². The van der Waals surface area contributed by atoms with Crippen LogP contribution in [-0.2, 0) is 4.74 Å². The minimum atomic E-state index is -0.664. The van der Waals surface area contributed by atoms with Crippen LogP contribution in [0.2, 0.25) is 0 Å². The van der Waals surface area contributed by atoms with Gasteiger partial charge in [-0.3, -0.25) is 4.79 Å². The summed E-state index contributed by atoms with van der Waals surface area (Å²) < 4.78 is 8.91. The zero-order chi connectivity index (χ0) is 9.84. The Bertz CT molecular complexity index is 300. The number of ether oxygens (including phenoxy) is 1. The average molecular weight is 184 g/mol. The smallest absolute Gasteiger partial charge is 0.376 e. The van der Waals surface area contributed by atoms with Crippen molar-refractivity contribution >= 4 is 11.9 Å². The van der Waals surface area contributed by atoms with Crippen molar-refractivity contribution in [2.75, 3.05) is 14.2 Å². The van der Waals surface area contributed by atoms with Crippen LogP contribution >= 0.6 is 0 Å². The van der Waals surface area contributed by atoms with Crippen LogP contribution in [0.4, 0.5) is 0 Å². The van der Waals surface area contributed by atoms with Crippen LogP contribution in [0.25, 0.3) is 0 Å². The monoisotopic (exact) mass is 184 g/mol. The van der Waals surface area contributed by atoms with Crippen molar-refractivity contribution in [3.8, 4) is 0 Å². The first-order valence-electron chi connectivity index (χ1n) is 3.46. The molecule has 1 amide bonds. The second-order valence-corrected chi connectivity index (χ2v) is 2.15. The summed E-state index contributed by atoms with van der Waals surface area (Å²) in [6.07, 6.45) is 0. The molecule has 0 saturated carbocycles. The third kappa shape index (κ3) is 1.84. The lowest BCUT2D eigenvalue weighted by Crippen LogP contribution is -2.17. The van der Waals surface area contributed by atoms with E-state index in [1.807, 2.05) is 0 Å². The molecule has 13 heavy (non-hydrogen) atoms. The van der Waals surface area contributed by atoms with Crippen molar-refractivity contribution < 1.29 is 18.8 Å². The molecule has 0 aliphatic carbocycles. The third-order valence-corrected chi connectivity index (χ3v) is 1.36. The summed E-state index contributed by atoms with van der Waals surface area (Å²) in [7, 11) is 2.67. The summed E-state index contributed by atoms with van der Waals surface area (Å²) >= 11 is 0. The van der Waals surface area contributed by atoms with Gasteiger partial charge in [-0.05, 0) is 0 Å². The van der Waals surface area contributed by atoms with Gasteiger partial charge in [-0.25, -0.2) is 4.79 Å². The molecule has 1 aromatic rings.